The van der Waals surface area contributed by atoms with Gasteiger partial charge in [0, 0.05) is 24.9 Å². The molecule has 98 valence electrons. The molecule has 2 aromatic heterocycles. The zero-order valence-electron chi connectivity index (χ0n) is 11.0. The fraction of sp³-hybridized carbons (Fsp3) is 0.286. The summed E-state index contributed by atoms with van der Waals surface area (Å²) in [6.07, 6.45) is 0.814. The molecule has 1 unspecified atom stereocenters. The Bertz CT molecular complexity index is 711. The number of thiazole rings is 1. The van der Waals surface area contributed by atoms with Gasteiger partial charge in [-0.25, -0.2) is 9.97 Å². The molecule has 0 radical (unpaired) electrons. The van der Waals surface area contributed by atoms with Gasteiger partial charge in [-0.1, -0.05) is 12.1 Å². The first-order valence-electron chi connectivity index (χ1n) is 6.27. The molecule has 5 heteroatoms. The van der Waals surface area contributed by atoms with Gasteiger partial charge < -0.3 is 10.3 Å². The Morgan fingerprint density at radius 3 is 2.84 bits per heavy atom. The lowest BCUT2D eigenvalue weighted by molar-refractivity contribution is 0.734. The summed E-state index contributed by atoms with van der Waals surface area (Å²) < 4.78 is 2.08. The lowest BCUT2D eigenvalue weighted by atomic mass is 10.3. The van der Waals surface area contributed by atoms with E-state index in [9.17, 15) is 0 Å². The molecular formula is C14H16N4S. The van der Waals surface area contributed by atoms with E-state index >= 15 is 0 Å². The van der Waals surface area contributed by atoms with Gasteiger partial charge in [-0.15, -0.1) is 11.3 Å². The van der Waals surface area contributed by atoms with Crippen LogP contribution in [0.25, 0.3) is 22.6 Å². The molecule has 0 fully saturated rings. The summed E-state index contributed by atoms with van der Waals surface area (Å²) in [4.78, 5) is 9.28. The van der Waals surface area contributed by atoms with Crippen molar-refractivity contribution in [1.82, 2.24) is 14.5 Å². The second-order valence-corrected chi connectivity index (χ2v) is 5.73. The van der Waals surface area contributed by atoms with E-state index in [2.05, 4.69) is 26.0 Å². The zero-order chi connectivity index (χ0) is 13.4. The second kappa shape index (κ2) is 4.75. The van der Waals surface area contributed by atoms with Crippen LogP contribution < -0.4 is 5.73 Å². The van der Waals surface area contributed by atoms with E-state index in [1.54, 1.807) is 11.3 Å². The standard InChI is InChI=1S/C14H16N4S/c1-9(15)7-13-16-11(8-19-13)14-17-10-5-3-4-6-12(10)18(14)2/h3-6,8-9H,7,15H2,1-2H3. The SMILES string of the molecule is CC(N)Cc1nc(-c2nc3ccccc3n2C)cs1. The molecule has 0 amide bonds. The quantitative estimate of drug-likeness (QED) is 0.797. The number of aromatic nitrogens is 3. The van der Waals surface area contributed by atoms with Crippen molar-refractivity contribution in [2.24, 2.45) is 12.8 Å². The highest BCUT2D eigenvalue weighted by atomic mass is 32.1. The fourth-order valence-electron chi connectivity index (χ4n) is 2.16. The average molecular weight is 272 g/mol. The summed E-state index contributed by atoms with van der Waals surface area (Å²) in [5, 5.41) is 3.12. The Morgan fingerprint density at radius 2 is 2.11 bits per heavy atom. The second-order valence-electron chi connectivity index (χ2n) is 4.79. The van der Waals surface area contributed by atoms with Crippen molar-refractivity contribution in [3.05, 3.63) is 34.7 Å². The highest BCUT2D eigenvalue weighted by Crippen LogP contribution is 2.25. The predicted octanol–water partition coefficient (Wildman–Crippen LogP) is 2.59. The molecule has 0 bridgehead atoms. The summed E-state index contributed by atoms with van der Waals surface area (Å²) in [7, 11) is 2.02. The van der Waals surface area contributed by atoms with E-state index in [0.29, 0.717) is 0 Å². The van der Waals surface area contributed by atoms with Crippen LogP contribution in [0.5, 0.6) is 0 Å². The number of fused-ring (bicyclic) bond motifs is 1. The van der Waals surface area contributed by atoms with Crippen molar-refractivity contribution >= 4 is 22.4 Å². The molecule has 1 aromatic carbocycles. The molecule has 3 aromatic rings. The molecule has 4 nitrogen and oxygen atoms in total. The van der Waals surface area contributed by atoms with Crippen LogP contribution in [0.4, 0.5) is 0 Å². The average Bonchev–Trinajstić information content (AvgIpc) is 2.94. The van der Waals surface area contributed by atoms with Gasteiger partial charge in [0.1, 0.15) is 5.69 Å². The first kappa shape index (κ1) is 12.3. The minimum atomic E-state index is 0.138. The normalized spacial score (nSPS) is 13.0. The van der Waals surface area contributed by atoms with Crippen LogP contribution in [0.2, 0.25) is 0 Å². The predicted molar refractivity (Wildman–Crippen MR) is 79.2 cm³/mol. The zero-order valence-corrected chi connectivity index (χ0v) is 11.8. The number of imidazole rings is 1. The first-order chi connectivity index (χ1) is 9.15. The van der Waals surface area contributed by atoms with Gasteiger partial charge in [0.15, 0.2) is 5.82 Å². The van der Waals surface area contributed by atoms with Crippen LogP contribution in [0.1, 0.15) is 11.9 Å². The molecule has 2 heterocycles. The number of para-hydroxylation sites is 2. The molecule has 2 N–H and O–H groups in total. The monoisotopic (exact) mass is 272 g/mol. The van der Waals surface area contributed by atoms with Crippen molar-refractivity contribution in [3.8, 4) is 11.5 Å². The number of hydrogen-bond acceptors (Lipinski definition) is 4. The van der Waals surface area contributed by atoms with E-state index in [1.165, 1.54) is 0 Å². The Labute approximate surface area is 115 Å². The molecule has 1 atom stereocenters. The van der Waals surface area contributed by atoms with Gasteiger partial charge in [-0.05, 0) is 19.1 Å². The number of hydrogen-bond donors (Lipinski definition) is 1. The topological polar surface area (TPSA) is 56.7 Å². The Kier molecular flexibility index (Phi) is 3.08. The molecule has 19 heavy (non-hydrogen) atoms. The number of nitrogens with two attached hydrogens (primary N) is 1. The third-order valence-corrected chi connectivity index (χ3v) is 3.94. The van der Waals surface area contributed by atoms with Crippen LogP contribution in [-0.2, 0) is 13.5 Å². The minimum Gasteiger partial charge on any atom is -0.328 e. The first-order valence-corrected chi connectivity index (χ1v) is 7.15. The Balaban J connectivity index is 2.04. The third-order valence-electron chi connectivity index (χ3n) is 3.06. The van der Waals surface area contributed by atoms with Crippen molar-refractivity contribution in [2.45, 2.75) is 19.4 Å². The smallest absolute Gasteiger partial charge is 0.160 e. The molecule has 0 aliphatic carbocycles. The molecule has 3 rings (SSSR count). The van der Waals surface area contributed by atoms with Crippen LogP contribution in [0.3, 0.4) is 0 Å². The van der Waals surface area contributed by atoms with Crippen molar-refractivity contribution < 1.29 is 0 Å². The van der Waals surface area contributed by atoms with Crippen molar-refractivity contribution in [1.29, 1.82) is 0 Å². The Morgan fingerprint density at radius 1 is 1.32 bits per heavy atom. The highest BCUT2D eigenvalue weighted by Gasteiger charge is 2.13. The van der Waals surface area contributed by atoms with Crippen LogP contribution in [0.15, 0.2) is 29.6 Å². The summed E-state index contributed by atoms with van der Waals surface area (Å²) in [6, 6.07) is 8.26. The molecule has 0 saturated heterocycles. The lowest BCUT2D eigenvalue weighted by Crippen LogP contribution is -2.17. The molecule has 0 aliphatic heterocycles. The van der Waals surface area contributed by atoms with Crippen LogP contribution in [-0.4, -0.2) is 20.6 Å². The fourth-order valence-corrected chi connectivity index (χ4v) is 3.07. The van der Waals surface area contributed by atoms with E-state index in [0.717, 1.165) is 34.0 Å². The number of nitrogens with zero attached hydrogens (tertiary/aromatic N) is 3. The van der Waals surface area contributed by atoms with Crippen LogP contribution >= 0.6 is 11.3 Å². The van der Waals surface area contributed by atoms with E-state index in [-0.39, 0.29) is 6.04 Å². The van der Waals surface area contributed by atoms with Gasteiger partial charge in [-0.3, -0.25) is 0 Å². The summed E-state index contributed by atoms with van der Waals surface area (Å²) in [6.45, 7) is 2.00. The number of rotatable bonds is 3. The van der Waals surface area contributed by atoms with Crippen molar-refractivity contribution in [2.75, 3.05) is 0 Å². The van der Waals surface area contributed by atoms with Gasteiger partial charge >= 0.3 is 0 Å². The molecule has 0 aliphatic rings. The maximum Gasteiger partial charge on any atom is 0.160 e. The van der Waals surface area contributed by atoms with Gasteiger partial charge in [-0.2, -0.15) is 0 Å². The van der Waals surface area contributed by atoms with Crippen LogP contribution in [0, 0.1) is 0 Å². The summed E-state index contributed by atoms with van der Waals surface area (Å²) >= 11 is 1.65. The van der Waals surface area contributed by atoms with E-state index < -0.39 is 0 Å². The van der Waals surface area contributed by atoms with Crippen molar-refractivity contribution in [3.63, 3.8) is 0 Å². The molecule has 0 spiro atoms. The molecule has 0 saturated carbocycles. The van der Waals surface area contributed by atoms with E-state index in [4.69, 9.17) is 5.73 Å². The number of benzene rings is 1. The maximum atomic E-state index is 5.81. The summed E-state index contributed by atoms with van der Waals surface area (Å²) in [5.74, 6) is 0.911. The van der Waals surface area contributed by atoms with Gasteiger partial charge in [0.2, 0.25) is 0 Å². The largest absolute Gasteiger partial charge is 0.328 e. The Hall–Kier alpha value is -1.72. The minimum absolute atomic E-state index is 0.138. The summed E-state index contributed by atoms with van der Waals surface area (Å²) in [5.41, 5.74) is 8.87. The highest BCUT2D eigenvalue weighted by molar-refractivity contribution is 7.09. The third kappa shape index (κ3) is 2.27. The maximum absolute atomic E-state index is 5.81. The number of aryl methyl sites for hydroxylation is 1. The van der Waals surface area contributed by atoms with Gasteiger partial charge in [0.25, 0.3) is 0 Å². The van der Waals surface area contributed by atoms with E-state index in [1.807, 2.05) is 32.2 Å². The van der Waals surface area contributed by atoms with Gasteiger partial charge in [0.05, 0.1) is 16.0 Å². The lowest BCUT2D eigenvalue weighted by Gasteiger charge is -2.00. The molecular weight excluding hydrogens is 256 g/mol.